The lowest BCUT2D eigenvalue weighted by Crippen LogP contribution is -2.28. The molecule has 1 N–H and O–H groups in total. The Morgan fingerprint density at radius 1 is 1.06 bits per heavy atom. The van der Waals surface area contributed by atoms with Crippen LogP contribution in [0.1, 0.15) is 64.0 Å². The highest BCUT2D eigenvalue weighted by atomic mass is 32.1. The van der Waals surface area contributed by atoms with Crippen LogP contribution in [0.5, 0.6) is 5.75 Å². The molecule has 2 aromatic carbocycles. The average molecular weight is 504 g/mol. The van der Waals surface area contributed by atoms with Crippen molar-refractivity contribution in [3.05, 3.63) is 75.7 Å². The monoisotopic (exact) mass is 503 g/mol. The van der Waals surface area contributed by atoms with Gasteiger partial charge in [0.05, 0.1) is 18.3 Å². The van der Waals surface area contributed by atoms with E-state index in [4.69, 9.17) is 4.74 Å². The second-order valence-corrected chi connectivity index (χ2v) is 10.4. The van der Waals surface area contributed by atoms with Gasteiger partial charge in [-0.25, -0.2) is 4.98 Å². The molecule has 1 amide bonds. The van der Waals surface area contributed by atoms with Crippen LogP contribution in [-0.2, 0) is 11.3 Å². The van der Waals surface area contributed by atoms with Crippen molar-refractivity contribution in [1.29, 1.82) is 0 Å². The molecule has 0 aliphatic rings. The molecule has 36 heavy (non-hydrogen) atoms. The van der Waals surface area contributed by atoms with Crippen molar-refractivity contribution in [2.24, 2.45) is 0 Å². The van der Waals surface area contributed by atoms with Gasteiger partial charge in [0.2, 0.25) is 5.91 Å². The smallest absolute Gasteiger partial charge is 0.263 e. The number of thiophene rings is 1. The van der Waals surface area contributed by atoms with Crippen molar-refractivity contribution >= 4 is 33.1 Å². The van der Waals surface area contributed by atoms with Crippen LogP contribution in [0.4, 0.5) is 5.69 Å². The van der Waals surface area contributed by atoms with Crippen LogP contribution in [0.3, 0.4) is 0 Å². The Morgan fingerprint density at radius 3 is 2.33 bits per heavy atom. The Bertz CT molecular complexity index is 1390. The van der Waals surface area contributed by atoms with Crippen LogP contribution >= 0.6 is 11.3 Å². The number of carbonyl (C=O) groups excluding carboxylic acids is 1. The van der Waals surface area contributed by atoms with E-state index in [1.54, 1.807) is 0 Å². The van der Waals surface area contributed by atoms with Crippen LogP contribution in [0.15, 0.2) is 59.0 Å². The summed E-state index contributed by atoms with van der Waals surface area (Å²) in [6, 6.07) is 13.8. The van der Waals surface area contributed by atoms with E-state index in [1.165, 1.54) is 22.2 Å². The number of para-hydroxylation sites is 1. The summed E-state index contributed by atoms with van der Waals surface area (Å²) >= 11 is 1.43. The Labute approximate surface area is 216 Å². The van der Waals surface area contributed by atoms with Crippen LogP contribution < -0.4 is 15.6 Å². The summed E-state index contributed by atoms with van der Waals surface area (Å²) in [6.45, 7) is 11.1. The summed E-state index contributed by atoms with van der Waals surface area (Å²) in [5.41, 5.74) is 4.52. The number of rotatable bonds is 9. The molecule has 4 rings (SSSR count). The van der Waals surface area contributed by atoms with Gasteiger partial charge < -0.3 is 10.1 Å². The summed E-state index contributed by atoms with van der Waals surface area (Å²) in [5, 5.41) is 5.57. The zero-order valence-corrected chi connectivity index (χ0v) is 22.3. The molecule has 188 valence electrons. The number of aromatic nitrogens is 2. The summed E-state index contributed by atoms with van der Waals surface area (Å²) < 4.78 is 7.07. The molecular weight excluding hydrogens is 470 g/mol. The lowest BCUT2D eigenvalue weighted by molar-refractivity contribution is -0.116. The normalized spacial score (nSPS) is 11.4. The predicted octanol–water partition coefficient (Wildman–Crippen LogP) is 6.80. The van der Waals surface area contributed by atoms with Crippen LogP contribution in [0.2, 0.25) is 0 Å². The van der Waals surface area contributed by atoms with Crippen molar-refractivity contribution in [1.82, 2.24) is 9.55 Å². The molecule has 0 unspecified atom stereocenters. The van der Waals surface area contributed by atoms with Gasteiger partial charge >= 0.3 is 0 Å². The molecule has 4 aromatic rings. The largest absolute Gasteiger partial charge is 0.494 e. The molecule has 0 fully saturated rings. The molecule has 2 aromatic heterocycles. The average Bonchev–Trinajstić information content (AvgIpc) is 3.29. The number of ether oxygens (including phenoxy) is 1. The maximum absolute atomic E-state index is 13.5. The van der Waals surface area contributed by atoms with Crippen LogP contribution in [-0.4, -0.2) is 22.1 Å². The molecule has 7 heteroatoms. The third kappa shape index (κ3) is 5.36. The van der Waals surface area contributed by atoms with Gasteiger partial charge in [0.1, 0.15) is 17.1 Å². The molecule has 0 radical (unpaired) electrons. The topological polar surface area (TPSA) is 73.2 Å². The first-order valence-corrected chi connectivity index (χ1v) is 13.3. The van der Waals surface area contributed by atoms with Gasteiger partial charge in [-0.3, -0.25) is 14.2 Å². The van der Waals surface area contributed by atoms with E-state index < -0.39 is 0 Å². The van der Waals surface area contributed by atoms with Gasteiger partial charge in [0.25, 0.3) is 5.56 Å². The van der Waals surface area contributed by atoms with Gasteiger partial charge in [-0.1, -0.05) is 65.0 Å². The SMILES string of the molecule is CCCOc1ccc(-c2csc3ncn(CC(=O)Nc4c(C(C)C)cccc4C(C)C)c(=O)c23)cc1. The van der Waals surface area contributed by atoms with E-state index in [0.717, 1.165) is 40.1 Å². The van der Waals surface area contributed by atoms with Crippen molar-refractivity contribution < 1.29 is 9.53 Å². The molecule has 0 aliphatic heterocycles. The van der Waals surface area contributed by atoms with Crippen LogP contribution in [0.25, 0.3) is 21.3 Å². The molecule has 6 nitrogen and oxygen atoms in total. The van der Waals surface area contributed by atoms with Crippen molar-refractivity contribution in [2.45, 2.75) is 59.4 Å². The van der Waals surface area contributed by atoms with Gasteiger partial charge in [-0.2, -0.15) is 0 Å². The Hall–Kier alpha value is -3.45. The number of fused-ring (bicyclic) bond motifs is 1. The molecule has 0 aliphatic carbocycles. The second-order valence-electron chi connectivity index (χ2n) is 9.55. The number of hydrogen-bond acceptors (Lipinski definition) is 5. The van der Waals surface area contributed by atoms with Gasteiger partial charge in [0.15, 0.2) is 0 Å². The lowest BCUT2D eigenvalue weighted by Gasteiger charge is -2.20. The predicted molar refractivity (Wildman–Crippen MR) is 148 cm³/mol. The van der Waals surface area contributed by atoms with Crippen LogP contribution in [0, 0.1) is 0 Å². The number of benzene rings is 2. The lowest BCUT2D eigenvalue weighted by atomic mass is 9.92. The van der Waals surface area contributed by atoms with E-state index >= 15 is 0 Å². The minimum absolute atomic E-state index is 0.106. The van der Waals surface area contributed by atoms with E-state index in [2.05, 4.69) is 44.9 Å². The number of anilines is 1. The molecule has 0 spiro atoms. The van der Waals surface area contributed by atoms with E-state index in [9.17, 15) is 9.59 Å². The molecule has 0 saturated carbocycles. The summed E-state index contributed by atoms with van der Waals surface area (Å²) in [4.78, 5) is 31.7. The fraction of sp³-hybridized carbons (Fsp3) is 0.345. The second kappa shape index (κ2) is 11.1. The summed E-state index contributed by atoms with van der Waals surface area (Å²) in [5.74, 6) is 1.07. The maximum Gasteiger partial charge on any atom is 0.263 e. The first-order valence-electron chi connectivity index (χ1n) is 12.4. The number of nitrogens with zero attached hydrogens (tertiary/aromatic N) is 2. The quantitative estimate of drug-likeness (QED) is 0.273. The maximum atomic E-state index is 13.5. The highest BCUT2D eigenvalue weighted by Crippen LogP contribution is 2.33. The first-order chi connectivity index (χ1) is 17.3. The Balaban J connectivity index is 1.63. The van der Waals surface area contributed by atoms with Crippen molar-refractivity contribution in [3.8, 4) is 16.9 Å². The molecule has 2 heterocycles. The molecule has 0 saturated heterocycles. The van der Waals surface area contributed by atoms with Crippen molar-refractivity contribution in [2.75, 3.05) is 11.9 Å². The summed E-state index contributed by atoms with van der Waals surface area (Å²) in [6.07, 6.45) is 2.40. The van der Waals surface area contributed by atoms with E-state index in [0.29, 0.717) is 16.8 Å². The fourth-order valence-electron chi connectivity index (χ4n) is 4.27. The highest BCUT2D eigenvalue weighted by Gasteiger charge is 2.18. The van der Waals surface area contributed by atoms with Crippen molar-refractivity contribution in [3.63, 3.8) is 0 Å². The molecule has 0 bridgehead atoms. The minimum atomic E-state index is -0.248. The fourth-order valence-corrected chi connectivity index (χ4v) is 5.18. The van der Waals surface area contributed by atoms with Gasteiger partial charge in [-0.15, -0.1) is 11.3 Å². The molecular formula is C29H33N3O3S. The Morgan fingerprint density at radius 2 is 1.72 bits per heavy atom. The third-order valence-corrected chi connectivity index (χ3v) is 7.04. The zero-order chi connectivity index (χ0) is 25.8. The van der Waals surface area contributed by atoms with Gasteiger partial charge in [0, 0.05) is 16.6 Å². The zero-order valence-electron chi connectivity index (χ0n) is 21.5. The van der Waals surface area contributed by atoms with E-state index in [-0.39, 0.29) is 29.8 Å². The summed E-state index contributed by atoms with van der Waals surface area (Å²) in [7, 11) is 0. The Kier molecular flexibility index (Phi) is 7.89. The van der Waals surface area contributed by atoms with Gasteiger partial charge in [-0.05, 0) is 47.1 Å². The number of nitrogens with one attached hydrogen (secondary N) is 1. The third-order valence-electron chi connectivity index (χ3n) is 6.15. The highest BCUT2D eigenvalue weighted by molar-refractivity contribution is 7.17. The first kappa shape index (κ1) is 25.6. The number of hydrogen-bond donors (Lipinski definition) is 1. The molecule has 0 atom stereocenters. The number of carbonyl (C=O) groups is 1. The minimum Gasteiger partial charge on any atom is -0.494 e. The standard InChI is InChI=1S/C29H33N3O3S/c1-6-14-35-21-12-10-20(11-13-21)24-16-36-28-26(24)29(34)32(17-30-28)15-25(33)31-27-22(18(2)3)8-7-9-23(27)19(4)5/h7-13,16-19H,6,14-15H2,1-5H3,(H,31,33). The van der Waals surface area contributed by atoms with E-state index in [1.807, 2.05) is 47.8 Å². The number of amides is 1.